The molecule has 0 radical (unpaired) electrons. The third-order valence-electron chi connectivity index (χ3n) is 3.68. The lowest BCUT2D eigenvalue weighted by atomic mass is 10.1. The molecule has 1 atom stereocenters. The standard InChI is InChI=1S/C14H21N3S/c1-2-14(11-15)17-8-6-16(7-9-17)5-3-13-4-10-18-12-13/h4,10,12,14H,2-3,5-9H2,1H3. The molecule has 1 aromatic rings. The summed E-state index contributed by atoms with van der Waals surface area (Å²) in [5.74, 6) is 0. The van der Waals surface area contributed by atoms with E-state index in [4.69, 9.17) is 5.26 Å². The molecular weight excluding hydrogens is 242 g/mol. The molecule has 0 spiro atoms. The minimum atomic E-state index is 0.115. The molecule has 1 aliphatic rings. The molecule has 98 valence electrons. The molecule has 1 unspecified atom stereocenters. The Morgan fingerprint density at radius 2 is 2.17 bits per heavy atom. The van der Waals surface area contributed by atoms with Crippen molar-refractivity contribution >= 4 is 11.3 Å². The van der Waals surface area contributed by atoms with Crippen molar-refractivity contribution in [2.45, 2.75) is 25.8 Å². The molecule has 0 amide bonds. The highest BCUT2D eigenvalue weighted by Gasteiger charge is 2.21. The van der Waals surface area contributed by atoms with Crippen LogP contribution in [0.5, 0.6) is 0 Å². The smallest absolute Gasteiger partial charge is 0.0976 e. The molecule has 2 rings (SSSR count). The van der Waals surface area contributed by atoms with Crippen molar-refractivity contribution in [2.24, 2.45) is 0 Å². The fourth-order valence-corrected chi connectivity index (χ4v) is 3.16. The minimum Gasteiger partial charge on any atom is -0.300 e. The summed E-state index contributed by atoms with van der Waals surface area (Å²) in [6, 6.07) is 4.73. The zero-order valence-corrected chi connectivity index (χ0v) is 11.8. The van der Waals surface area contributed by atoms with Gasteiger partial charge in [-0.2, -0.15) is 16.6 Å². The second kappa shape index (κ2) is 6.89. The van der Waals surface area contributed by atoms with E-state index in [2.05, 4.69) is 39.6 Å². The van der Waals surface area contributed by atoms with E-state index in [9.17, 15) is 0 Å². The first-order valence-corrected chi connectivity index (χ1v) is 7.65. The van der Waals surface area contributed by atoms with Crippen LogP contribution in [0.2, 0.25) is 0 Å². The van der Waals surface area contributed by atoms with Crippen molar-refractivity contribution in [3.8, 4) is 6.07 Å². The van der Waals surface area contributed by atoms with Gasteiger partial charge in [-0.1, -0.05) is 6.92 Å². The number of hydrogen-bond acceptors (Lipinski definition) is 4. The van der Waals surface area contributed by atoms with Crippen LogP contribution < -0.4 is 0 Å². The van der Waals surface area contributed by atoms with Crippen LogP contribution in [0, 0.1) is 11.3 Å². The van der Waals surface area contributed by atoms with E-state index < -0.39 is 0 Å². The summed E-state index contributed by atoms with van der Waals surface area (Å²) in [6.07, 6.45) is 2.09. The van der Waals surface area contributed by atoms with Crippen LogP contribution in [-0.4, -0.2) is 48.6 Å². The Labute approximate surface area is 114 Å². The van der Waals surface area contributed by atoms with Crippen molar-refractivity contribution in [1.29, 1.82) is 5.26 Å². The average Bonchev–Trinajstić information content (AvgIpc) is 2.92. The van der Waals surface area contributed by atoms with Gasteiger partial charge in [-0.25, -0.2) is 0 Å². The lowest BCUT2D eigenvalue weighted by molar-refractivity contribution is 0.113. The largest absolute Gasteiger partial charge is 0.300 e. The molecule has 0 saturated carbocycles. The second-order valence-electron chi connectivity index (χ2n) is 4.81. The van der Waals surface area contributed by atoms with Crippen LogP contribution in [-0.2, 0) is 6.42 Å². The topological polar surface area (TPSA) is 30.3 Å². The summed E-state index contributed by atoms with van der Waals surface area (Å²) in [7, 11) is 0. The maximum atomic E-state index is 9.07. The first-order chi connectivity index (χ1) is 8.83. The predicted molar refractivity (Wildman–Crippen MR) is 75.7 cm³/mol. The molecule has 1 aliphatic heterocycles. The van der Waals surface area contributed by atoms with Crippen LogP contribution in [0.15, 0.2) is 16.8 Å². The minimum absolute atomic E-state index is 0.115. The van der Waals surface area contributed by atoms with Crippen molar-refractivity contribution < 1.29 is 0 Å². The third kappa shape index (κ3) is 3.55. The number of hydrogen-bond donors (Lipinski definition) is 0. The maximum absolute atomic E-state index is 9.07. The Morgan fingerprint density at radius 3 is 2.72 bits per heavy atom. The summed E-state index contributed by atoms with van der Waals surface area (Å²) >= 11 is 1.77. The van der Waals surface area contributed by atoms with Gasteiger partial charge in [0.25, 0.3) is 0 Å². The number of nitriles is 1. The molecule has 1 saturated heterocycles. The first kappa shape index (κ1) is 13.5. The molecular formula is C14H21N3S. The van der Waals surface area contributed by atoms with Gasteiger partial charge >= 0.3 is 0 Å². The monoisotopic (exact) mass is 263 g/mol. The summed E-state index contributed by atoms with van der Waals surface area (Å²) in [5, 5.41) is 13.4. The molecule has 3 nitrogen and oxygen atoms in total. The van der Waals surface area contributed by atoms with E-state index in [1.54, 1.807) is 11.3 Å². The van der Waals surface area contributed by atoms with Crippen molar-refractivity contribution in [3.63, 3.8) is 0 Å². The van der Waals surface area contributed by atoms with Crippen LogP contribution in [0.25, 0.3) is 0 Å². The van der Waals surface area contributed by atoms with Crippen LogP contribution in [0.1, 0.15) is 18.9 Å². The van der Waals surface area contributed by atoms with Gasteiger partial charge in [0.2, 0.25) is 0 Å². The number of piperazine rings is 1. The van der Waals surface area contributed by atoms with Gasteiger partial charge in [0.15, 0.2) is 0 Å². The highest BCUT2D eigenvalue weighted by molar-refractivity contribution is 7.07. The summed E-state index contributed by atoms with van der Waals surface area (Å²) < 4.78 is 0. The lowest BCUT2D eigenvalue weighted by Crippen LogP contribution is -2.50. The fourth-order valence-electron chi connectivity index (χ4n) is 2.45. The SMILES string of the molecule is CCC(C#N)N1CCN(CCc2ccsc2)CC1. The Morgan fingerprint density at radius 1 is 1.39 bits per heavy atom. The predicted octanol–water partition coefficient (Wildman–Crippen LogP) is 2.21. The molecule has 2 heterocycles. The zero-order chi connectivity index (χ0) is 12.8. The normalized spacial score (nSPS) is 19.6. The molecule has 0 aliphatic carbocycles. The maximum Gasteiger partial charge on any atom is 0.0976 e. The van der Waals surface area contributed by atoms with Gasteiger partial charge in [0, 0.05) is 32.7 Å². The van der Waals surface area contributed by atoms with Gasteiger partial charge in [-0.15, -0.1) is 0 Å². The zero-order valence-electron chi connectivity index (χ0n) is 11.0. The molecule has 0 bridgehead atoms. The molecule has 0 N–H and O–H groups in total. The summed E-state index contributed by atoms with van der Waals surface area (Å²) in [6.45, 7) is 7.51. The van der Waals surface area contributed by atoms with Crippen molar-refractivity contribution in [3.05, 3.63) is 22.4 Å². The molecule has 4 heteroatoms. The Hall–Kier alpha value is -0.890. The summed E-state index contributed by atoms with van der Waals surface area (Å²) in [4.78, 5) is 4.83. The van der Waals surface area contributed by atoms with Gasteiger partial charge in [0.05, 0.1) is 12.1 Å². The van der Waals surface area contributed by atoms with Gasteiger partial charge < -0.3 is 4.90 Å². The van der Waals surface area contributed by atoms with Crippen molar-refractivity contribution in [2.75, 3.05) is 32.7 Å². The van der Waals surface area contributed by atoms with Gasteiger partial charge in [-0.05, 0) is 35.2 Å². The Kier molecular flexibility index (Phi) is 5.18. The average molecular weight is 263 g/mol. The van der Waals surface area contributed by atoms with E-state index in [0.29, 0.717) is 0 Å². The van der Waals surface area contributed by atoms with E-state index in [1.165, 1.54) is 5.56 Å². The number of thiophene rings is 1. The Balaban J connectivity index is 1.72. The first-order valence-electron chi connectivity index (χ1n) is 6.70. The highest BCUT2D eigenvalue weighted by atomic mass is 32.1. The van der Waals surface area contributed by atoms with Crippen LogP contribution in [0.3, 0.4) is 0 Å². The molecule has 1 aromatic heterocycles. The van der Waals surface area contributed by atoms with E-state index in [1.807, 2.05) is 0 Å². The molecule has 18 heavy (non-hydrogen) atoms. The van der Waals surface area contributed by atoms with E-state index in [-0.39, 0.29) is 6.04 Å². The quantitative estimate of drug-likeness (QED) is 0.816. The number of nitrogens with zero attached hydrogens (tertiary/aromatic N) is 3. The second-order valence-corrected chi connectivity index (χ2v) is 5.59. The molecule has 0 aromatic carbocycles. The van der Waals surface area contributed by atoms with Crippen molar-refractivity contribution in [1.82, 2.24) is 9.80 Å². The third-order valence-corrected chi connectivity index (χ3v) is 4.41. The van der Waals surface area contributed by atoms with Gasteiger partial charge in [0.1, 0.15) is 0 Å². The van der Waals surface area contributed by atoms with Crippen LogP contribution >= 0.6 is 11.3 Å². The highest BCUT2D eigenvalue weighted by Crippen LogP contribution is 2.11. The van der Waals surface area contributed by atoms with Gasteiger partial charge in [-0.3, -0.25) is 4.90 Å². The Bertz CT molecular complexity index is 374. The van der Waals surface area contributed by atoms with E-state index >= 15 is 0 Å². The van der Waals surface area contributed by atoms with Crippen LogP contribution in [0.4, 0.5) is 0 Å². The molecule has 1 fully saturated rings. The lowest BCUT2D eigenvalue weighted by Gasteiger charge is -2.36. The fraction of sp³-hybridized carbons (Fsp3) is 0.643. The number of rotatable bonds is 5. The summed E-state index contributed by atoms with van der Waals surface area (Å²) in [5.41, 5.74) is 1.45. The van der Waals surface area contributed by atoms with E-state index in [0.717, 1.165) is 45.6 Å².